The van der Waals surface area contributed by atoms with E-state index in [1.165, 1.54) is 5.56 Å². The van der Waals surface area contributed by atoms with Crippen molar-refractivity contribution in [3.63, 3.8) is 0 Å². The number of sulfonamides is 1. The van der Waals surface area contributed by atoms with Gasteiger partial charge in [0.2, 0.25) is 10.0 Å². The van der Waals surface area contributed by atoms with Gasteiger partial charge in [-0.25, -0.2) is 8.42 Å². The molecule has 5 nitrogen and oxygen atoms in total. The number of rotatable bonds is 6. The van der Waals surface area contributed by atoms with Crippen LogP contribution in [-0.4, -0.2) is 45.8 Å². The highest BCUT2D eigenvalue weighted by Gasteiger charge is 2.22. The Morgan fingerprint density at radius 3 is 2.23 bits per heavy atom. The fraction of sp³-hybridized carbons (Fsp3) is 0.400. The molecule has 1 saturated heterocycles. The smallest absolute Gasteiger partial charge is 0.229 e. The van der Waals surface area contributed by atoms with Crippen LogP contribution in [0.5, 0.6) is 0 Å². The summed E-state index contributed by atoms with van der Waals surface area (Å²) in [5.74, 6) is 0. The minimum atomic E-state index is -3.23. The fourth-order valence-electron chi connectivity index (χ4n) is 3.52. The van der Waals surface area contributed by atoms with E-state index < -0.39 is 10.0 Å². The van der Waals surface area contributed by atoms with Gasteiger partial charge in [0, 0.05) is 37.1 Å². The topological polar surface area (TPSA) is 52.6 Å². The van der Waals surface area contributed by atoms with Crippen LogP contribution in [0.3, 0.4) is 0 Å². The fourth-order valence-corrected chi connectivity index (χ4v) is 4.08. The Morgan fingerprint density at radius 2 is 1.65 bits per heavy atom. The molecule has 3 rings (SSSR count). The lowest BCUT2D eigenvalue weighted by atomic mass is 10.0. The number of nitrogens with one attached hydrogen (secondary N) is 1. The zero-order valence-electron chi connectivity index (χ0n) is 15.4. The van der Waals surface area contributed by atoms with E-state index in [4.69, 9.17) is 0 Å². The Bertz CT molecular complexity index is 799. The van der Waals surface area contributed by atoms with Crippen molar-refractivity contribution in [2.24, 2.45) is 0 Å². The van der Waals surface area contributed by atoms with Gasteiger partial charge < -0.3 is 4.90 Å². The third kappa shape index (κ3) is 5.22. The third-order valence-electron chi connectivity index (χ3n) is 4.90. The number of piperidine rings is 1. The molecule has 0 atom stereocenters. The first kappa shape index (κ1) is 18.7. The summed E-state index contributed by atoms with van der Waals surface area (Å²) in [7, 11) is -1.02. The molecule has 0 unspecified atom stereocenters. The average Bonchev–Trinajstić information content (AvgIpc) is 2.62. The molecule has 0 aliphatic carbocycles. The van der Waals surface area contributed by atoms with Gasteiger partial charge in [0.15, 0.2) is 0 Å². The molecule has 1 aliphatic rings. The summed E-state index contributed by atoms with van der Waals surface area (Å²) < 4.78 is 25.1. The number of hydrogen-bond donors (Lipinski definition) is 1. The van der Waals surface area contributed by atoms with Crippen molar-refractivity contribution < 1.29 is 8.42 Å². The lowest BCUT2D eigenvalue weighted by Crippen LogP contribution is -2.43. The van der Waals surface area contributed by atoms with Crippen LogP contribution in [0.1, 0.15) is 18.4 Å². The lowest BCUT2D eigenvalue weighted by molar-refractivity contribution is 0.200. The van der Waals surface area contributed by atoms with E-state index in [1.807, 2.05) is 24.3 Å². The zero-order valence-corrected chi connectivity index (χ0v) is 16.2. The molecule has 0 radical (unpaired) electrons. The molecule has 26 heavy (non-hydrogen) atoms. The SMILES string of the molecule is CN(Cc1ccccc1)C1CCN(c2ccc(NS(C)(=O)=O)cc2)CC1. The van der Waals surface area contributed by atoms with Crippen molar-refractivity contribution >= 4 is 21.4 Å². The van der Waals surface area contributed by atoms with E-state index in [0.717, 1.165) is 44.4 Å². The van der Waals surface area contributed by atoms with Crippen LogP contribution >= 0.6 is 0 Å². The van der Waals surface area contributed by atoms with Crippen LogP contribution < -0.4 is 9.62 Å². The van der Waals surface area contributed by atoms with Gasteiger partial charge in [-0.15, -0.1) is 0 Å². The maximum absolute atomic E-state index is 11.3. The van der Waals surface area contributed by atoms with E-state index in [9.17, 15) is 8.42 Å². The highest BCUT2D eigenvalue weighted by Crippen LogP contribution is 2.24. The highest BCUT2D eigenvalue weighted by molar-refractivity contribution is 7.92. The van der Waals surface area contributed by atoms with Gasteiger partial charge in [-0.1, -0.05) is 30.3 Å². The summed E-state index contributed by atoms with van der Waals surface area (Å²) in [5.41, 5.74) is 3.10. The molecule has 0 spiro atoms. The summed E-state index contributed by atoms with van der Waals surface area (Å²) in [6.45, 7) is 3.02. The Morgan fingerprint density at radius 1 is 1.04 bits per heavy atom. The zero-order chi connectivity index (χ0) is 18.6. The molecule has 140 valence electrons. The van der Waals surface area contributed by atoms with Gasteiger partial charge in [0.1, 0.15) is 0 Å². The summed E-state index contributed by atoms with van der Waals surface area (Å²) in [6, 6.07) is 18.8. The number of hydrogen-bond acceptors (Lipinski definition) is 4. The summed E-state index contributed by atoms with van der Waals surface area (Å²) in [4.78, 5) is 4.82. The molecular formula is C20H27N3O2S. The van der Waals surface area contributed by atoms with E-state index in [-0.39, 0.29) is 0 Å². The summed E-state index contributed by atoms with van der Waals surface area (Å²) in [5, 5.41) is 0. The van der Waals surface area contributed by atoms with Crippen LogP contribution in [0.25, 0.3) is 0 Å². The molecule has 1 N–H and O–H groups in total. The second-order valence-corrected chi connectivity index (χ2v) is 8.79. The molecule has 1 aliphatic heterocycles. The van der Waals surface area contributed by atoms with E-state index in [0.29, 0.717) is 11.7 Å². The van der Waals surface area contributed by atoms with Crippen molar-refractivity contribution in [3.05, 3.63) is 60.2 Å². The maximum Gasteiger partial charge on any atom is 0.229 e. The van der Waals surface area contributed by atoms with Crippen molar-refractivity contribution in [3.8, 4) is 0 Å². The van der Waals surface area contributed by atoms with Crippen LogP contribution in [0.4, 0.5) is 11.4 Å². The summed E-state index contributed by atoms with van der Waals surface area (Å²) >= 11 is 0. The quantitative estimate of drug-likeness (QED) is 0.845. The average molecular weight is 374 g/mol. The van der Waals surface area contributed by atoms with Gasteiger partial charge in [-0.3, -0.25) is 9.62 Å². The van der Waals surface area contributed by atoms with Crippen molar-refractivity contribution in [2.75, 3.05) is 36.0 Å². The molecule has 1 heterocycles. The minimum Gasteiger partial charge on any atom is -0.371 e. The first-order valence-electron chi connectivity index (χ1n) is 8.98. The van der Waals surface area contributed by atoms with Gasteiger partial charge in [0.05, 0.1) is 6.26 Å². The van der Waals surface area contributed by atoms with Gasteiger partial charge in [-0.05, 0) is 49.7 Å². The monoisotopic (exact) mass is 373 g/mol. The lowest BCUT2D eigenvalue weighted by Gasteiger charge is -2.38. The molecule has 6 heteroatoms. The summed E-state index contributed by atoms with van der Waals surface area (Å²) in [6.07, 6.45) is 3.43. The van der Waals surface area contributed by atoms with Crippen LogP contribution in [0.2, 0.25) is 0 Å². The molecule has 0 bridgehead atoms. The van der Waals surface area contributed by atoms with E-state index in [1.54, 1.807) is 0 Å². The second kappa shape index (κ2) is 8.10. The second-order valence-electron chi connectivity index (χ2n) is 7.04. The van der Waals surface area contributed by atoms with Crippen molar-refractivity contribution in [1.29, 1.82) is 0 Å². The van der Waals surface area contributed by atoms with Gasteiger partial charge in [-0.2, -0.15) is 0 Å². The highest BCUT2D eigenvalue weighted by atomic mass is 32.2. The molecule has 1 fully saturated rings. The Balaban J connectivity index is 1.53. The molecule has 0 aromatic heterocycles. The predicted molar refractivity (Wildman–Crippen MR) is 108 cm³/mol. The Hall–Kier alpha value is -2.05. The number of nitrogens with zero attached hydrogens (tertiary/aromatic N) is 2. The van der Waals surface area contributed by atoms with E-state index in [2.05, 4.69) is 51.9 Å². The van der Waals surface area contributed by atoms with Crippen LogP contribution in [0.15, 0.2) is 54.6 Å². The molecule has 2 aromatic carbocycles. The predicted octanol–water partition coefficient (Wildman–Crippen LogP) is 3.16. The standard InChI is InChI=1S/C20H27N3O2S/c1-22(16-17-6-4-3-5-7-17)19-12-14-23(15-13-19)20-10-8-18(9-11-20)21-26(2,24)25/h3-11,19,21H,12-16H2,1-2H3. The number of anilines is 2. The molecular weight excluding hydrogens is 346 g/mol. The van der Waals surface area contributed by atoms with Crippen LogP contribution in [-0.2, 0) is 16.6 Å². The first-order valence-corrected chi connectivity index (χ1v) is 10.9. The van der Waals surface area contributed by atoms with Crippen LogP contribution in [0, 0.1) is 0 Å². The Labute approximate surface area is 156 Å². The first-order chi connectivity index (χ1) is 12.4. The van der Waals surface area contributed by atoms with Gasteiger partial charge >= 0.3 is 0 Å². The molecule has 0 saturated carbocycles. The Kier molecular flexibility index (Phi) is 5.84. The third-order valence-corrected chi connectivity index (χ3v) is 5.50. The van der Waals surface area contributed by atoms with E-state index >= 15 is 0 Å². The minimum absolute atomic E-state index is 0.595. The normalized spacial score (nSPS) is 16.0. The molecule has 0 amide bonds. The largest absolute Gasteiger partial charge is 0.371 e. The number of benzene rings is 2. The van der Waals surface area contributed by atoms with Gasteiger partial charge in [0.25, 0.3) is 0 Å². The van der Waals surface area contributed by atoms with Crippen molar-refractivity contribution in [1.82, 2.24) is 4.90 Å². The molecule has 2 aromatic rings. The van der Waals surface area contributed by atoms with Crippen molar-refractivity contribution in [2.45, 2.75) is 25.4 Å². The maximum atomic E-state index is 11.3.